The SMILES string of the molecule is Cc1nc(CNC(=O)C(N)C(C)(C)C)no1. The van der Waals surface area contributed by atoms with E-state index in [-0.39, 0.29) is 17.9 Å². The normalized spacial score (nSPS) is 13.6. The minimum atomic E-state index is -0.555. The first-order chi connectivity index (χ1) is 7.30. The van der Waals surface area contributed by atoms with E-state index in [1.54, 1.807) is 6.92 Å². The minimum absolute atomic E-state index is 0.213. The molecule has 0 saturated carbocycles. The molecular weight excluding hydrogens is 208 g/mol. The molecule has 0 fully saturated rings. The Morgan fingerprint density at radius 1 is 1.56 bits per heavy atom. The van der Waals surface area contributed by atoms with Gasteiger partial charge in [-0.25, -0.2) is 0 Å². The van der Waals surface area contributed by atoms with Crippen molar-refractivity contribution < 1.29 is 9.32 Å². The van der Waals surface area contributed by atoms with Gasteiger partial charge in [-0.05, 0) is 5.41 Å². The molecule has 1 rings (SSSR count). The number of carbonyl (C=O) groups is 1. The largest absolute Gasteiger partial charge is 0.347 e. The molecule has 3 N–H and O–H groups in total. The Morgan fingerprint density at radius 2 is 2.19 bits per heavy atom. The van der Waals surface area contributed by atoms with Crippen LogP contribution in [0.1, 0.15) is 32.5 Å². The first kappa shape index (κ1) is 12.6. The van der Waals surface area contributed by atoms with E-state index in [1.165, 1.54) is 0 Å². The molecule has 1 aromatic heterocycles. The molecule has 0 aromatic carbocycles. The number of nitrogens with two attached hydrogens (primary N) is 1. The van der Waals surface area contributed by atoms with E-state index in [0.717, 1.165) is 0 Å². The third-order valence-electron chi connectivity index (χ3n) is 2.21. The van der Waals surface area contributed by atoms with Crippen LogP contribution in [0.5, 0.6) is 0 Å². The number of hydrogen-bond acceptors (Lipinski definition) is 5. The van der Waals surface area contributed by atoms with Gasteiger partial charge >= 0.3 is 0 Å². The molecule has 0 radical (unpaired) electrons. The third-order valence-corrected chi connectivity index (χ3v) is 2.21. The number of aryl methyl sites for hydroxylation is 1. The molecule has 0 saturated heterocycles. The van der Waals surface area contributed by atoms with E-state index >= 15 is 0 Å². The van der Waals surface area contributed by atoms with Crippen LogP contribution in [0, 0.1) is 12.3 Å². The summed E-state index contributed by atoms with van der Waals surface area (Å²) in [5.41, 5.74) is 5.52. The van der Waals surface area contributed by atoms with Crippen molar-refractivity contribution in [1.29, 1.82) is 0 Å². The molecule has 0 aliphatic carbocycles. The van der Waals surface area contributed by atoms with Gasteiger partial charge in [-0.15, -0.1) is 0 Å². The van der Waals surface area contributed by atoms with E-state index in [0.29, 0.717) is 11.7 Å². The number of aromatic nitrogens is 2. The second-order valence-electron chi connectivity index (χ2n) is 4.79. The van der Waals surface area contributed by atoms with Gasteiger partial charge in [0.05, 0.1) is 12.6 Å². The van der Waals surface area contributed by atoms with Crippen LogP contribution in [0.15, 0.2) is 4.52 Å². The molecule has 1 unspecified atom stereocenters. The Labute approximate surface area is 94.6 Å². The Bertz CT molecular complexity index is 367. The van der Waals surface area contributed by atoms with Crippen molar-refractivity contribution in [1.82, 2.24) is 15.5 Å². The maximum Gasteiger partial charge on any atom is 0.237 e. The van der Waals surface area contributed by atoms with E-state index in [4.69, 9.17) is 10.3 Å². The van der Waals surface area contributed by atoms with Crippen molar-refractivity contribution in [2.45, 2.75) is 40.3 Å². The van der Waals surface area contributed by atoms with Crippen LogP contribution in [0.25, 0.3) is 0 Å². The summed E-state index contributed by atoms with van der Waals surface area (Å²) in [7, 11) is 0. The van der Waals surface area contributed by atoms with Crippen LogP contribution in [0.4, 0.5) is 0 Å². The number of hydrogen-bond donors (Lipinski definition) is 2. The fourth-order valence-electron chi connectivity index (χ4n) is 1.08. The van der Waals surface area contributed by atoms with Gasteiger partial charge < -0.3 is 15.6 Å². The van der Waals surface area contributed by atoms with Crippen LogP contribution < -0.4 is 11.1 Å². The monoisotopic (exact) mass is 226 g/mol. The predicted octanol–water partition coefficient (Wildman–Crippen LogP) is 0.368. The van der Waals surface area contributed by atoms with E-state index in [2.05, 4.69) is 15.5 Å². The first-order valence-electron chi connectivity index (χ1n) is 5.13. The summed E-state index contributed by atoms with van der Waals surface area (Å²) in [4.78, 5) is 15.6. The van der Waals surface area contributed by atoms with Gasteiger partial charge in [0.1, 0.15) is 0 Å². The van der Waals surface area contributed by atoms with Gasteiger partial charge in [0, 0.05) is 6.92 Å². The second-order valence-corrected chi connectivity index (χ2v) is 4.79. The Balaban J connectivity index is 2.47. The lowest BCUT2D eigenvalue weighted by molar-refractivity contribution is -0.124. The molecule has 0 aliphatic rings. The summed E-state index contributed by atoms with van der Waals surface area (Å²) in [6.07, 6.45) is 0. The highest BCUT2D eigenvalue weighted by Crippen LogP contribution is 2.17. The molecule has 1 atom stereocenters. The highest BCUT2D eigenvalue weighted by molar-refractivity contribution is 5.82. The summed E-state index contributed by atoms with van der Waals surface area (Å²) < 4.78 is 4.78. The zero-order valence-corrected chi connectivity index (χ0v) is 10.1. The first-order valence-corrected chi connectivity index (χ1v) is 5.13. The van der Waals surface area contributed by atoms with Crippen molar-refractivity contribution in [2.24, 2.45) is 11.1 Å². The van der Waals surface area contributed by atoms with Crippen LogP contribution in [-0.4, -0.2) is 22.1 Å². The molecule has 1 amide bonds. The summed E-state index contributed by atoms with van der Waals surface area (Å²) in [5, 5.41) is 6.34. The molecular formula is C10H18N4O2. The van der Waals surface area contributed by atoms with Crippen molar-refractivity contribution in [3.63, 3.8) is 0 Å². The lowest BCUT2D eigenvalue weighted by Gasteiger charge is -2.25. The topological polar surface area (TPSA) is 94.0 Å². The Kier molecular flexibility index (Phi) is 3.64. The maximum atomic E-state index is 11.6. The quantitative estimate of drug-likeness (QED) is 0.776. The van der Waals surface area contributed by atoms with Gasteiger partial charge in [-0.3, -0.25) is 4.79 Å². The van der Waals surface area contributed by atoms with Crippen LogP contribution in [0.2, 0.25) is 0 Å². The molecule has 1 aromatic rings. The Morgan fingerprint density at radius 3 is 2.62 bits per heavy atom. The highest BCUT2D eigenvalue weighted by Gasteiger charge is 2.27. The lowest BCUT2D eigenvalue weighted by Crippen LogP contribution is -2.48. The molecule has 0 bridgehead atoms. The smallest absolute Gasteiger partial charge is 0.237 e. The Hall–Kier alpha value is -1.43. The average Bonchev–Trinajstić information content (AvgIpc) is 2.58. The number of carbonyl (C=O) groups excluding carboxylic acids is 1. The van der Waals surface area contributed by atoms with E-state index < -0.39 is 6.04 Å². The lowest BCUT2D eigenvalue weighted by atomic mass is 9.87. The van der Waals surface area contributed by atoms with Crippen molar-refractivity contribution in [3.8, 4) is 0 Å². The molecule has 0 spiro atoms. The fourth-order valence-corrected chi connectivity index (χ4v) is 1.08. The van der Waals surface area contributed by atoms with E-state index in [1.807, 2.05) is 20.8 Å². The van der Waals surface area contributed by atoms with Gasteiger partial charge in [0.25, 0.3) is 0 Å². The zero-order chi connectivity index (χ0) is 12.3. The standard InChI is InChI=1S/C10H18N4O2/c1-6-13-7(14-16-6)5-12-9(15)8(11)10(2,3)4/h8H,5,11H2,1-4H3,(H,12,15). The van der Waals surface area contributed by atoms with Crippen LogP contribution >= 0.6 is 0 Å². The summed E-state index contributed by atoms with van der Waals surface area (Å²) in [6, 6.07) is -0.555. The van der Waals surface area contributed by atoms with E-state index in [9.17, 15) is 4.79 Å². The minimum Gasteiger partial charge on any atom is -0.347 e. The number of amides is 1. The van der Waals surface area contributed by atoms with Crippen LogP contribution in [-0.2, 0) is 11.3 Å². The third kappa shape index (κ3) is 3.30. The second kappa shape index (κ2) is 4.61. The summed E-state index contributed by atoms with van der Waals surface area (Å²) >= 11 is 0. The van der Waals surface area contributed by atoms with Gasteiger partial charge in [-0.1, -0.05) is 25.9 Å². The van der Waals surface area contributed by atoms with Gasteiger partial charge in [0.2, 0.25) is 11.8 Å². The fraction of sp³-hybridized carbons (Fsp3) is 0.700. The maximum absolute atomic E-state index is 11.6. The van der Waals surface area contributed by atoms with Gasteiger partial charge in [0.15, 0.2) is 5.82 Å². The number of nitrogens with one attached hydrogen (secondary N) is 1. The predicted molar refractivity (Wildman–Crippen MR) is 58.3 cm³/mol. The molecule has 6 nitrogen and oxygen atoms in total. The number of nitrogens with zero attached hydrogens (tertiary/aromatic N) is 2. The zero-order valence-electron chi connectivity index (χ0n) is 10.1. The van der Waals surface area contributed by atoms with Crippen molar-refractivity contribution in [3.05, 3.63) is 11.7 Å². The summed E-state index contributed by atoms with van der Waals surface area (Å²) in [6.45, 7) is 7.67. The highest BCUT2D eigenvalue weighted by atomic mass is 16.5. The molecule has 1 heterocycles. The molecule has 0 aliphatic heterocycles. The van der Waals surface area contributed by atoms with Crippen molar-refractivity contribution >= 4 is 5.91 Å². The molecule has 16 heavy (non-hydrogen) atoms. The molecule has 90 valence electrons. The molecule has 6 heteroatoms. The number of rotatable bonds is 3. The average molecular weight is 226 g/mol. The van der Waals surface area contributed by atoms with Gasteiger partial charge in [-0.2, -0.15) is 4.98 Å². The van der Waals surface area contributed by atoms with Crippen LogP contribution in [0.3, 0.4) is 0 Å². The van der Waals surface area contributed by atoms with Crippen molar-refractivity contribution in [2.75, 3.05) is 0 Å². The summed E-state index contributed by atoms with van der Waals surface area (Å²) in [5.74, 6) is 0.714.